The quantitative estimate of drug-likeness (QED) is 0.682. The Morgan fingerprint density at radius 3 is 2.43 bits per heavy atom. The zero-order valence-electron chi connectivity index (χ0n) is 10.9. The summed E-state index contributed by atoms with van der Waals surface area (Å²) in [6.07, 6.45) is -0.842. The van der Waals surface area contributed by atoms with Crippen LogP contribution in [0.5, 0.6) is 0 Å². The fourth-order valence-electron chi connectivity index (χ4n) is 1.70. The summed E-state index contributed by atoms with van der Waals surface area (Å²) in [5.74, 6) is -1.50. The van der Waals surface area contributed by atoms with Crippen LogP contribution in [0, 0.1) is 21.7 Å². The molecule has 7 heteroatoms. The van der Waals surface area contributed by atoms with Gasteiger partial charge in [-0.2, -0.15) is 0 Å². The van der Waals surface area contributed by atoms with Gasteiger partial charge in [-0.3, -0.25) is 10.1 Å². The van der Waals surface area contributed by atoms with Gasteiger partial charge in [-0.15, -0.1) is 0 Å². The second kappa shape index (κ2) is 6.19. The van der Waals surface area contributed by atoms with Crippen LogP contribution in [-0.4, -0.2) is 10.0 Å². The average molecular weight is 311 g/mol. The number of nitrogens with zero attached hydrogens (tertiary/aromatic N) is 1. The summed E-state index contributed by atoms with van der Waals surface area (Å²) in [5, 5.41) is 20.5. The second-order valence-corrected chi connectivity index (χ2v) is 5.42. The minimum atomic E-state index is -0.842. The summed E-state index contributed by atoms with van der Waals surface area (Å²) in [4.78, 5) is 10.8. The van der Waals surface area contributed by atoms with E-state index in [0.717, 1.165) is 23.9 Å². The van der Waals surface area contributed by atoms with Gasteiger partial charge in [0, 0.05) is 17.0 Å². The summed E-state index contributed by atoms with van der Waals surface area (Å²) >= 11 is 0.833. The highest BCUT2D eigenvalue weighted by atomic mass is 32.2. The number of aliphatic hydroxyl groups is 1. The normalized spacial score (nSPS) is 12.2. The van der Waals surface area contributed by atoms with E-state index in [4.69, 9.17) is 0 Å². The van der Waals surface area contributed by atoms with Gasteiger partial charge in [0.25, 0.3) is 5.69 Å². The third-order valence-electron chi connectivity index (χ3n) is 2.78. The molecule has 0 saturated heterocycles. The van der Waals surface area contributed by atoms with Crippen LogP contribution in [0.25, 0.3) is 0 Å². The molecule has 0 spiro atoms. The Bertz CT molecular complexity index is 692. The lowest BCUT2D eigenvalue weighted by Gasteiger charge is -2.08. The van der Waals surface area contributed by atoms with Gasteiger partial charge < -0.3 is 5.11 Å². The van der Waals surface area contributed by atoms with Crippen LogP contribution in [0.2, 0.25) is 0 Å². The van der Waals surface area contributed by atoms with E-state index in [1.807, 2.05) is 0 Å². The predicted octanol–water partition coefficient (Wildman–Crippen LogP) is 4.08. The molecule has 0 saturated carbocycles. The second-order valence-electron chi connectivity index (χ2n) is 4.34. The molecule has 4 nitrogen and oxygen atoms in total. The molecule has 2 aromatic rings. The minimum Gasteiger partial charge on any atom is -0.389 e. The molecule has 2 aromatic carbocycles. The smallest absolute Gasteiger partial charge is 0.283 e. The summed E-state index contributed by atoms with van der Waals surface area (Å²) in [5.41, 5.74) is 0.160. The molecule has 1 atom stereocenters. The Balaban J connectivity index is 2.41. The third-order valence-corrected chi connectivity index (χ3v) is 3.89. The Kier molecular flexibility index (Phi) is 4.54. The third kappa shape index (κ3) is 3.56. The standard InChI is InChI=1S/C14H11F2NO3S/c1-8(18)9-2-4-14(12(6-9)17(19)20)21-13-5-3-10(15)7-11(13)16/h2-8,18H,1H3/t8-/m0/s1. The first kappa shape index (κ1) is 15.4. The van der Waals surface area contributed by atoms with E-state index < -0.39 is 22.7 Å². The lowest BCUT2D eigenvalue weighted by atomic mass is 10.1. The molecule has 1 N–H and O–H groups in total. The van der Waals surface area contributed by atoms with Crippen molar-refractivity contribution in [3.8, 4) is 0 Å². The van der Waals surface area contributed by atoms with Crippen molar-refractivity contribution in [1.29, 1.82) is 0 Å². The molecular formula is C14H11F2NO3S. The fraction of sp³-hybridized carbons (Fsp3) is 0.143. The molecular weight excluding hydrogens is 300 g/mol. The van der Waals surface area contributed by atoms with Crippen molar-refractivity contribution in [3.05, 3.63) is 63.7 Å². The maximum atomic E-state index is 13.6. The van der Waals surface area contributed by atoms with Crippen LogP contribution in [0.1, 0.15) is 18.6 Å². The Morgan fingerprint density at radius 2 is 1.86 bits per heavy atom. The molecule has 2 rings (SSSR count). The molecule has 0 amide bonds. The van der Waals surface area contributed by atoms with Crippen LogP contribution in [-0.2, 0) is 0 Å². The summed E-state index contributed by atoms with van der Waals surface area (Å²) in [7, 11) is 0. The van der Waals surface area contributed by atoms with Crippen molar-refractivity contribution in [3.63, 3.8) is 0 Å². The van der Waals surface area contributed by atoms with E-state index in [2.05, 4.69) is 0 Å². The van der Waals surface area contributed by atoms with Crippen LogP contribution in [0.4, 0.5) is 14.5 Å². The highest BCUT2D eigenvalue weighted by Gasteiger charge is 2.18. The van der Waals surface area contributed by atoms with Gasteiger partial charge in [-0.05, 0) is 30.7 Å². The number of nitro groups is 1. The molecule has 21 heavy (non-hydrogen) atoms. The SMILES string of the molecule is C[C@H](O)c1ccc(Sc2ccc(F)cc2F)c([N+](=O)[O-])c1. The van der Waals surface area contributed by atoms with Crippen molar-refractivity contribution in [2.45, 2.75) is 22.8 Å². The van der Waals surface area contributed by atoms with E-state index in [-0.39, 0.29) is 15.5 Å². The maximum Gasteiger partial charge on any atom is 0.283 e. The molecule has 0 bridgehead atoms. The number of aliphatic hydroxyl groups excluding tert-OH is 1. The molecule has 0 aromatic heterocycles. The molecule has 110 valence electrons. The van der Waals surface area contributed by atoms with Gasteiger partial charge in [-0.1, -0.05) is 17.8 Å². The largest absolute Gasteiger partial charge is 0.389 e. The number of halogens is 2. The zero-order valence-corrected chi connectivity index (χ0v) is 11.7. The van der Waals surface area contributed by atoms with E-state index in [0.29, 0.717) is 5.56 Å². The molecule has 0 heterocycles. The molecule has 0 radical (unpaired) electrons. The highest BCUT2D eigenvalue weighted by molar-refractivity contribution is 7.99. The van der Waals surface area contributed by atoms with Gasteiger partial charge in [0.1, 0.15) is 11.6 Å². The molecule has 0 aliphatic carbocycles. The van der Waals surface area contributed by atoms with Crippen molar-refractivity contribution in [1.82, 2.24) is 0 Å². The first-order chi connectivity index (χ1) is 9.88. The summed E-state index contributed by atoms with van der Waals surface area (Å²) in [6, 6.07) is 7.24. The Labute approximate surface area is 123 Å². The van der Waals surface area contributed by atoms with Crippen LogP contribution >= 0.6 is 11.8 Å². The van der Waals surface area contributed by atoms with Gasteiger partial charge in [-0.25, -0.2) is 8.78 Å². The van der Waals surface area contributed by atoms with Crippen molar-refractivity contribution in [2.24, 2.45) is 0 Å². The minimum absolute atomic E-state index is 0.0873. The number of rotatable bonds is 4. The number of hydrogen-bond acceptors (Lipinski definition) is 4. The highest BCUT2D eigenvalue weighted by Crippen LogP contribution is 2.37. The van der Waals surface area contributed by atoms with Crippen molar-refractivity contribution < 1.29 is 18.8 Å². The first-order valence-corrected chi connectivity index (χ1v) is 6.79. The van der Waals surface area contributed by atoms with Gasteiger partial charge in [0.2, 0.25) is 0 Å². The molecule has 0 aliphatic heterocycles. The monoisotopic (exact) mass is 311 g/mol. The van der Waals surface area contributed by atoms with Crippen LogP contribution < -0.4 is 0 Å². The number of nitro benzene ring substituents is 1. The van der Waals surface area contributed by atoms with E-state index in [9.17, 15) is 24.0 Å². The van der Waals surface area contributed by atoms with Gasteiger partial charge in [0.05, 0.1) is 15.9 Å². The molecule has 0 aliphatic rings. The average Bonchev–Trinajstić information content (AvgIpc) is 2.41. The van der Waals surface area contributed by atoms with Crippen molar-refractivity contribution in [2.75, 3.05) is 0 Å². The topological polar surface area (TPSA) is 63.4 Å². The fourth-order valence-corrected chi connectivity index (χ4v) is 2.60. The predicted molar refractivity (Wildman–Crippen MR) is 74.2 cm³/mol. The van der Waals surface area contributed by atoms with E-state index in [1.165, 1.54) is 31.2 Å². The maximum absolute atomic E-state index is 13.6. The van der Waals surface area contributed by atoms with Gasteiger partial charge in [0.15, 0.2) is 0 Å². The zero-order chi connectivity index (χ0) is 15.6. The summed E-state index contributed by atoms with van der Waals surface area (Å²) in [6.45, 7) is 1.49. The number of benzene rings is 2. The summed E-state index contributed by atoms with van der Waals surface area (Å²) < 4.78 is 26.5. The first-order valence-electron chi connectivity index (χ1n) is 5.98. The van der Waals surface area contributed by atoms with E-state index in [1.54, 1.807) is 0 Å². The van der Waals surface area contributed by atoms with E-state index >= 15 is 0 Å². The Morgan fingerprint density at radius 1 is 1.19 bits per heavy atom. The lowest BCUT2D eigenvalue weighted by molar-refractivity contribution is -0.387. The lowest BCUT2D eigenvalue weighted by Crippen LogP contribution is -1.96. The Hall–Kier alpha value is -1.99. The van der Waals surface area contributed by atoms with Gasteiger partial charge >= 0.3 is 0 Å². The van der Waals surface area contributed by atoms with Crippen LogP contribution in [0.15, 0.2) is 46.2 Å². The van der Waals surface area contributed by atoms with Crippen molar-refractivity contribution >= 4 is 17.4 Å². The molecule has 0 fully saturated rings. The molecule has 0 unspecified atom stereocenters. The van der Waals surface area contributed by atoms with Crippen LogP contribution in [0.3, 0.4) is 0 Å². The number of hydrogen-bond donors (Lipinski definition) is 1.